The minimum atomic E-state index is -0.368. The number of unbranched alkanes of at least 4 members (excludes halogenated alkanes) is 2. The second-order valence-electron chi connectivity index (χ2n) is 5.69. The first kappa shape index (κ1) is 24.1. The second kappa shape index (κ2) is 14.3. The van der Waals surface area contributed by atoms with Crippen LogP contribution in [0.3, 0.4) is 0 Å². The zero-order valence-electron chi connectivity index (χ0n) is 15.2. The Labute approximate surface area is 162 Å². The van der Waals surface area contributed by atoms with Crippen LogP contribution in [0.15, 0.2) is 45.0 Å². The fourth-order valence-electron chi connectivity index (χ4n) is 2.23. The van der Waals surface area contributed by atoms with Gasteiger partial charge in [0.15, 0.2) is 5.76 Å². The quantitative estimate of drug-likeness (QED) is 0.744. The topological polar surface area (TPSA) is 105 Å². The van der Waals surface area contributed by atoms with Crippen molar-refractivity contribution in [3.05, 3.63) is 51.8 Å². The maximum atomic E-state index is 11.0. The third kappa shape index (κ3) is 8.45. The molecule has 0 spiro atoms. The van der Waals surface area contributed by atoms with Gasteiger partial charge in [-0.25, -0.2) is 0 Å². The van der Waals surface area contributed by atoms with Gasteiger partial charge in [-0.15, -0.1) is 0 Å². The molecule has 26 heavy (non-hydrogen) atoms. The third-order valence-electron chi connectivity index (χ3n) is 3.72. The minimum absolute atomic E-state index is 0.0223. The summed E-state index contributed by atoms with van der Waals surface area (Å²) in [5, 5.41) is 18.6. The Morgan fingerprint density at radius 1 is 1.08 bits per heavy atom. The van der Waals surface area contributed by atoms with Crippen molar-refractivity contribution >= 4 is 5.78 Å². The molecule has 1 aromatic heterocycles. The van der Waals surface area contributed by atoms with Gasteiger partial charge < -0.3 is 14.6 Å². The van der Waals surface area contributed by atoms with Crippen LogP contribution in [0.4, 0.5) is 0 Å². The Balaban J connectivity index is 0.000000439. The summed E-state index contributed by atoms with van der Waals surface area (Å²) in [4.78, 5) is 21.9. The molecule has 0 unspecified atom stereocenters. The van der Waals surface area contributed by atoms with Crippen LogP contribution in [0.25, 0.3) is 0 Å². The molecule has 0 fully saturated rings. The van der Waals surface area contributed by atoms with E-state index in [2.05, 4.69) is 6.92 Å². The first-order chi connectivity index (χ1) is 12.5. The molecule has 0 amide bonds. The molecule has 1 aromatic rings. The number of carbonyl (C=O) groups is 1. The number of allylic oxidation sites excluding steroid dienone is 3. The number of carbonyl (C=O) groups excluding carboxylic acids is 1. The summed E-state index contributed by atoms with van der Waals surface area (Å²) in [7, 11) is 0. The summed E-state index contributed by atoms with van der Waals surface area (Å²) in [6.45, 7) is 4.14. The van der Waals surface area contributed by atoms with Crippen LogP contribution < -0.4 is 5.43 Å². The second-order valence-corrected chi connectivity index (χ2v) is 5.69. The first-order valence-corrected chi connectivity index (χ1v) is 9.18. The van der Waals surface area contributed by atoms with Gasteiger partial charge in [-0.2, -0.15) is 0 Å². The normalized spacial score (nSPS) is 12.7. The number of hydrogen-bond donors (Lipinski definition) is 2. The van der Waals surface area contributed by atoms with Crippen LogP contribution in [0.2, 0.25) is 0 Å². The molecule has 0 saturated heterocycles. The molecule has 6 nitrogen and oxygen atoms in total. The number of aliphatic hydroxyl groups excluding tert-OH is 1. The molecule has 0 radical (unpaired) electrons. The fraction of sp³-hybridized carbons (Fsp3) is 0.474. The number of rotatable bonds is 6. The molecule has 1 aliphatic carbocycles. The van der Waals surface area contributed by atoms with Crippen LogP contribution in [0, 0.1) is 0 Å². The molecule has 2 rings (SSSR count). The van der Waals surface area contributed by atoms with E-state index < -0.39 is 0 Å². The van der Waals surface area contributed by atoms with E-state index in [1.54, 1.807) is 0 Å². The van der Waals surface area contributed by atoms with E-state index in [1.165, 1.54) is 18.4 Å². The van der Waals surface area contributed by atoms with E-state index in [4.69, 9.17) is 8.09 Å². The molecule has 1 heterocycles. The van der Waals surface area contributed by atoms with Crippen molar-refractivity contribution < 1.29 is 40.5 Å². The van der Waals surface area contributed by atoms with Gasteiger partial charge >= 0.3 is 21.0 Å². The summed E-state index contributed by atoms with van der Waals surface area (Å²) in [6.07, 6.45) is 10.8. The van der Waals surface area contributed by atoms with Crippen molar-refractivity contribution in [3.8, 4) is 5.75 Å². The maximum absolute atomic E-state index is 11.0. The van der Waals surface area contributed by atoms with Crippen LogP contribution in [-0.2, 0) is 32.3 Å². The molecular weight excluding hydrogens is 375 g/mol. The predicted octanol–water partition coefficient (Wildman–Crippen LogP) is 4.08. The standard InChI is InChI=1S/C10H14O2.C9H12O3.O.V/c1-2-3-5-8-6-4-7-9(11)10(8)12;1-2-3-4-8-9(11)7(10)5-6-12-8;;/h4,7,12H,2-3,5-6H2,1H3;5-6,11H,2-4H2,1H3;;. The van der Waals surface area contributed by atoms with Gasteiger partial charge in [-0.1, -0.05) is 32.8 Å². The fourth-order valence-corrected chi connectivity index (χ4v) is 2.23. The van der Waals surface area contributed by atoms with Gasteiger partial charge in [0.1, 0.15) is 5.76 Å². The monoisotopic (exact) mass is 401 g/mol. The van der Waals surface area contributed by atoms with Crippen LogP contribution in [0.1, 0.15) is 58.1 Å². The zero-order valence-corrected chi connectivity index (χ0v) is 16.6. The molecule has 0 aromatic carbocycles. The van der Waals surface area contributed by atoms with E-state index in [0.717, 1.165) is 61.5 Å². The van der Waals surface area contributed by atoms with E-state index in [9.17, 15) is 19.8 Å². The summed E-state index contributed by atoms with van der Waals surface area (Å²) in [6, 6.07) is 1.21. The van der Waals surface area contributed by atoms with Gasteiger partial charge in [0.2, 0.25) is 17.0 Å². The van der Waals surface area contributed by atoms with E-state index >= 15 is 0 Å². The summed E-state index contributed by atoms with van der Waals surface area (Å²) < 4.78 is 13.2. The first-order valence-electron chi connectivity index (χ1n) is 8.61. The van der Waals surface area contributed by atoms with Crippen LogP contribution in [0.5, 0.6) is 5.75 Å². The van der Waals surface area contributed by atoms with E-state index in [-0.39, 0.29) is 22.7 Å². The van der Waals surface area contributed by atoms with Crippen molar-refractivity contribution in [2.24, 2.45) is 0 Å². The number of aliphatic hydroxyl groups is 1. The molecule has 0 bridgehead atoms. The van der Waals surface area contributed by atoms with E-state index in [1.807, 2.05) is 13.0 Å². The Morgan fingerprint density at radius 2 is 1.69 bits per heavy atom. The van der Waals surface area contributed by atoms with Gasteiger partial charge in [0, 0.05) is 12.5 Å². The molecule has 7 heteroatoms. The number of hydrogen-bond acceptors (Lipinski definition) is 6. The summed E-state index contributed by atoms with van der Waals surface area (Å²) in [5.74, 6) is -0.117. The molecule has 0 saturated carbocycles. The van der Waals surface area contributed by atoms with Gasteiger partial charge in [-0.05, 0) is 37.3 Å². The van der Waals surface area contributed by atoms with Crippen molar-refractivity contribution in [1.82, 2.24) is 0 Å². The Kier molecular flexibility index (Phi) is 13.2. The van der Waals surface area contributed by atoms with E-state index in [0.29, 0.717) is 12.2 Å². The Morgan fingerprint density at radius 3 is 2.31 bits per heavy atom. The number of ketones is 1. The van der Waals surface area contributed by atoms with Crippen molar-refractivity contribution in [2.45, 2.75) is 58.8 Å². The predicted molar refractivity (Wildman–Crippen MR) is 93.9 cm³/mol. The van der Waals surface area contributed by atoms with Crippen molar-refractivity contribution in [1.29, 1.82) is 0 Å². The average Bonchev–Trinajstić information content (AvgIpc) is 2.66. The SMILES string of the molecule is CCCCC1=C(O)C(=O)C=CC1.CCCCc1occc(=O)c1O.[O]=[V]. The average molecular weight is 401 g/mol. The van der Waals surface area contributed by atoms with Gasteiger partial charge in [0.05, 0.1) is 6.26 Å². The van der Waals surface area contributed by atoms with Crippen molar-refractivity contribution in [3.63, 3.8) is 0 Å². The van der Waals surface area contributed by atoms with Crippen LogP contribution in [-0.4, -0.2) is 16.0 Å². The zero-order chi connectivity index (χ0) is 19.9. The summed E-state index contributed by atoms with van der Waals surface area (Å²) >= 11 is 1.06. The number of aromatic hydroxyl groups is 1. The summed E-state index contributed by atoms with van der Waals surface area (Å²) in [5.41, 5.74) is 0.525. The molecule has 1 aliphatic rings. The molecule has 0 atom stereocenters. The Hall–Kier alpha value is -1.92. The van der Waals surface area contributed by atoms with Crippen molar-refractivity contribution in [2.75, 3.05) is 0 Å². The third-order valence-corrected chi connectivity index (χ3v) is 3.72. The van der Waals surface area contributed by atoms with Crippen LogP contribution >= 0.6 is 0 Å². The molecule has 143 valence electrons. The molecule has 0 aliphatic heterocycles. The van der Waals surface area contributed by atoms with Gasteiger partial charge in [0.25, 0.3) is 0 Å². The number of aryl methyl sites for hydroxylation is 1. The molecular formula is C19H26O6V. The Bertz CT molecular complexity index is 675. The molecule has 2 N–H and O–H groups in total. The van der Waals surface area contributed by atoms with Gasteiger partial charge in [-0.3, -0.25) is 9.59 Å².